The van der Waals surface area contributed by atoms with E-state index in [1.165, 1.54) is 6.42 Å². The van der Waals surface area contributed by atoms with E-state index in [1.807, 2.05) is 52.5 Å². The molecular formula is C24H27N3OS. The summed E-state index contributed by atoms with van der Waals surface area (Å²) in [4.78, 5) is 17.0. The minimum absolute atomic E-state index is 0.107. The minimum atomic E-state index is 0.107. The van der Waals surface area contributed by atoms with Gasteiger partial charge in [-0.2, -0.15) is 5.10 Å². The van der Waals surface area contributed by atoms with Gasteiger partial charge >= 0.3 is 0 Å². The summed E-state index contributed by atoms with van der Waals surface area (Å²) in [5, 5.41) is 6.87. The lowest BCUT2D eigenvalue weighted by atomic mass is 9.65. The number of amides is 1. The van der Waals surface area contributed by atoms with Crippen LogP contribution >= 0.6 is 11.3 Å². The zero-order chi connectivity index (χ0) is 20.2. The quantitative estimate of drug-likeness (QED) is 0.565. The van der Waals surface area contributed by atoms with Crippen LogP contribution in [-0.4, -0.2) is 33.2 Å². The van der Waals surface area contributed by atoms with Crippen molar-refractivity contribution in [2.45, 2.75) is 46.1 Å². The first-order valence-corrected chi connectivity index (χ1v) is 11.2. The maximum Gasteiger partial charge on any atom is 0.272 e. The van der Waals surface area contributed by atoms with E-state index < -0.39 is 0 Å². The van der Waals surface area contributed by atoms with Crippen molar-refractivity contribution in [2.75, 3.05) is 6.54 Å². The van der Waals surface area contributed by atoms with Crippen LogP contribution in [0.1, 0.15) is 50.5 Å². The summed E-state index contributed by atoms with van der Waals surface area (Å²) < 4.78 is 1.83. The number of aromatic nitrogens is 2. The van der Waals surface area contributed by atoms with Crippen molar-refractivity contribution in [1.29, 1.82) is 0 Å². The van der Waals surface area contributed by atoms with E-state index in [-0.39, 0.29) is 16.7 Å². The fourth-order valence-electron chi connectivity index (χ4n) is 5.69. The van der Waals surface area contributed by atoms with E-state index in [0.29, 0.717) is 11.7 Å². The summed E-state index contributed by atoms with van der Waals surface area (Å²) >= 11 is 1.65. The summed E-state index contributed by atoms with van der Waals surface area (Å²) in [6.07, 6.45) is 3.36. The molecule has 29 heavy (non-hydrogen) atoms. The molecule has 1 aromatic carbocycles. The second-order valence-electron chi connectivity index (χ2n) is 9.79. The van der Waals surface area contributed by atoms with Crippen LogP contribution in [0.4, 0.5) is 0 Å². The van der Waals surface area contributed by atoms with Crippen LogP contribution in [0.3, 0.4) is 0 Å². The first kappa shape index (κ1) is 18.6. The highest BCUT2D eigenvalue weighted by atomic mass is 32.1. The molecule has 150 valence electrons. The number of nitrogens with zero attached hydrogens (tertiary/aromatic N) is 3. The van der Waals surface area contributed by atoms with E-state index in [2.05, 4.69) is 31.7 Å². The van der Waals surface area contributed by atoms with Crippen molar-refractivity contribution in [3.63, 3.8) is 0 Å². The lowest BCUT2D eigenvalue weighted by Gasteiger charge is -2.39. The van der Waals surface area contributed by atoms with Gasteiger partial charge in [0.2, 0.25) is 0 Å². The summed E-state index contributed by atoms with van der Waals surface area (Å²) in [5.74, 6) is 0.107. The topological polar surface area (TPSA) is 38.1 Å². The number of benzene rings is 1. The number of carbonyl (C=O) groups excluding carboxylic acids is 1. The average Bonchev–Trinajstić information content (AvgIpc) is 3.38. The molecule has 0 spiro atoms. The van der Waals surface area contributed by atoms with Gasteiger partial charge in [0.15, 0.2) is 0 Å². The number of rotatable bonds is 3. The second-order valence-corrected chi connectivity index (χ2v) is 10.7. The number of fused-ring (bicyclic) bond motifs is 2. The Morgan fingerprint density at radius 3 is 2.62 bits per heavy atom. The highest BCUT2D eigenvalue weighted by Crippen LogP contribution is 2.52. The number of hydrogen-bond donors (Lipinski definition) is 0. The molecule has 5 heteroatoms. The highest BCUT2D eigenvalue weighted by molar-refractivity contribution is 7.13. The molecule has 2 aromatic heterocycles. The molecule has 2 fully saturated rings. The van der Waals surface area contributed by atoms with Gasteiger partial charge in [-0.3, -0.25) is 4.79 Å². The molecule has 2 bridgehead atoms. The van der Waals surface area contributed by atoms with E-state index >= 15 is 0 Å². The van der Waals surface area contributed by atoms with Crippen molar-refractivity contribution in [3.8, 4) is 16.3 Å². The summed E-state index contributed by atoms with van der Waals surface area (Å²) in [7, 11) is 0. The summed E-state index contributed by atoms with van der Waals surface area (Å²) in [6.45, 7) is 7.87. The largest absolute Gasteiger partial charge is 0.334 e. The van der Waals surface area contributed by atoms with Gasteiger partial charge in [0.25, 0.3) is 5.91 Å². The fourth-order valence-corrected chi connectivity index (χ4v) is 6.37. The van der Waals surface area contributed by atoms with Crippen molar-refractivity contribution in [3.05, 3.63) is 59.6 Å². The van der Waals surface area contributed by atoms with Crippen molar-refractivity contribution in [1.82, 2.24) is 14.7 Å². The molecule has 0 N–H and O–H groups in total. The maximum absolute atomic E-state index is 13.8. The third kappa shape index (κ3) is 3.31. The molecule has 5 rings (SSSR count). The van der Waals surface area contributed by atoms with Crippen LogP contribution in [0, 0.1) is 10.8 Å². The standard InChI is InChI=1S/C24H27N3OS/c1-23(2)13-18-14-24(3,15-23)16-26(18)22(28)20-12-19(21-10-7-11-29-21)25-27(20)17-8-5-4-6-9-17/h4-12,18H,13-16H2,1-3H3. The van der Waals surface area contributed by atoms with Crippen LogP contribution < -0.4 is 0 Å². The molecule has 4 nitrogen and oxygen atoms in total. The van der Waals surface area contributed by atoms with Crippen LogP contribution in [-0.2, 0) is 0 Å². The van der Waals surface area contributed by atoms with Crippen LogP contribution in [0.15, 0.2) is 53.9 Å². The number of likely N-dealkylation sites (tertiary alicyclic amines) is 1. The lowest BCUT2D eigenvalue weighted by molar-refractivity contribution is 0.0699. The predicted octanol–water partition coefficient (Wildman–Crippen LogP) is 5.64. The van der Waals surface area contributed by atoms with Gasteiger partial charge in [0.05, 0.1) is 10.6 Å². The molecule has 2 atom stereocenters. The number of para-hydroxylation sites is 1. The molecule has 2 aliphatic rings. The van der Waals surface area contributed by atoms with Gasteiger partial charge in [-0.05, 0) is 59.7 Å². The first-order valence-electron chi connectivity index (χ1n) is 10.3. The number of thiophene rings is 1. The molecule has 1 saturated heterocycles. The summed E-state index contributed by atoms with van der Waals surface area (Å²) in [6, 6.07) is 16.4. The molecular weight excluding hydrogens is 378 g/mol. The van der Waals surface area contributed by atoms with Crippen molar-refractivity contribution < 1.29 is 4.79 Å². The average molecular weight is 406 g/mol. The van der Waals surface area contributed by atoms with Gasteiger partial charge in [-0.15, -0.1) is 11.3 Å². The molecule has 1 saturated carbocycles. The molecule has 1 amide bonds. The maximum atomic E-state index is 13.8. The van der Waals surface area contributed by atoms with Gasteiger partial charge < -0.3 is 4.90 Å². The Morgan fingerprint density at radius 1 is 1.10 bits per heavy atom. The second kappa shape index (κ2) is 6.56. The zero-order valence-corrected chi connectivity index (χ0v) is 18.1. The Bertz CT molecular complexity index is 1040. The lowest BCUT2D eigenvalue weighted by Crippen LogP contribution is -2.38. The molecule has 0 radical (unpaired) electrons. The van der Waals surface area contributed by atoms with Gasteiger partial charge in [-0.25, -0.2) is 4.68 Å². The van der Waals surface area contributed by atoms with E-state index in [4.69, 9.17) is 5.10 Å². The first-order chi connectivity index (χ1) is 13.8. The number of carbonyl (C=O) groups is 1. The van der Waals surface area contributed by atoms with Crippen LogP contribution in [0.5, 0.6) is 0 Å². The van der Waals surface area contributed by atoms with Gasteiger partial charge in [-0.1, -0.05) is 45.0 Å². The third-order valence-corrected chi connectivity index (χ3v) is 7.27. The number of hydrogen-bond acceptors (Lipinski definition) is 3. The monoisotopic (exact) mass is 405 g/mol. The summed E-state index contributed by atoms with van der Waals surface area (Å²) in [5.41, 5.74) is 2.95. The molecule has 3 aromatic rings. The minimum Gasteiger partial charge on any atom is -0.334 e. The third-order valence-electron chi connectivity index (χ3n) is 6.38. The Hall–Kier alpha value is -2.40. The zero-order valence-electron chi connectivity index (χ0n) is 17.3. The van der Waals surface area contributed by atoms with Gasteiger partial charge in [0.1, 0.15) is 11.4 Å². The Labute approximate surface area is 176 Å². The van der Waals surface area contributed by atoms with Crippen molar-refractivity contribution >= 4 is 17.2 Å². The van der Waals surface area contributed by atoms with Crippen LogP contribution in [0.25, 0.3) is 16.3 Å². The van der Waals surface area contributed by atoms with E-state index in [9.17, 15) is 4.79 Å². The van der Waals surface area contributed by atoms with Crippen LogP contribution in [0.2, 0.25) is 0 Å². The SMILES string of the molecule is CC1(C)CC2CC(C)(CN2C(=O)c2cc(-c3cccs3)nn2-c2ccccc2)C1. The normalized spacial score (nSPS) is 25.3. The fraction of sp³-hybridized carbons (Fsp3) is 0.417. The molecule has 1 aliphatic carbocycles. The smallest absolute Gasteiger partial charge is 0.272 e. The predicted molar refractivity (Wildman–Crippen MR) is 117 cm³/mol. The van der Waals surface area contributed by atoms with Gasteiger partial charge in [0, 0.05) is 12.6 Å². The van der Waals surface area contributed by atoms with Crippen molar-refractivity contribution in [2.24, 2.45) is 10.8 Å². The van der Waals surface area contributed by atoms with E-state index in [1.54, 1.807) is 11.3 Å². The molecule has 2 unspecified atom stereocenters. The Morgan fingerprint density at radius 2 is 1.90 bits per heavy atom. The highest BCUT2D eigenvalue weighted by Gasteiger charge is 2.51. The van der Waals surface area contributed by atoms with E-state index in [0.717, 1.165) is 35.6 Å². The Kier molecular flexibility index (Phi) is 4.21. The Balaban J connectivity index is 1.56. The molecule has 1 aliphatic heterocycles. The molecule has 3 heterocycles.